The lowest BCUT2D eigenvalue weighted by molar-refractivity contribution is -0.123. The minimum absolute atomic E-state index is 0.280. The number of fused-ring (bicyclic) bond motifs is 1. The summed E-state index contributed by atoms with van der Waals surface area (Å²) in [4.78, 5) is 29.2. The van der Waals surface area contributed by atoms with E-state index in [2.05, 4.69) is 15.5 Å². The lowest BCUT2D eigenvalue weighted by atomic mass is 10.2. The van der Waals surface area contributed by atoms with E-state index in [1.54, 1.807) is 56.5 Å². The molecule has 144 valence electrons. The van der Waals surface area contributed by atoms with Crippen LogP contribution in [0.2, 0.25) is 0 Å². The Morgan fingerprint density at radius 1 is 1.18 bits per heavy atom. The molecule has 1 atom stereocenters. The maximum Gasteiger partial charge on any atom is 0.262 e. The van der Waals surface area contributed by atoms with Crippen LogP contribution in [-0.2, 0) is 4.79 Å². The predicted octanol–water partition coefficient (Wildman–Crippen LogP) is 2.12. The summed E-state index contributed by atoms with van der Waals surface area (Å²) in [6.07, 6.45) is 2.85. The van der Waals surface area contributed by atoms with Crippen molar-refractivity contribution in [2.75, 3.05) is 14.2 Å². The molecule has 0 aliphatic rings. The van der Waals surface area contributed by atoms with E-state index >= 15 is 0 Å². The van der Waals surface area contributed by atoms with Crippen LogP contribution in [0.5, 0.6) is 11.5 Å². The van der Waals surface area contributed by atoms with E-state index in [-0.39, 0.29) is 5.56 Å². The summed E-state index contributed by atoms with van der Waals surface area (Å²) < 4.78 is 11.7. The molecule has 1 unspecified atom stereocenters. The average molecular weight is 380 g/mol. The summed E-state index contributed by atoms with van der Waals surface area (Å²) in [6.45, 7) is 1.61. The Morgan fingerprint density at radius 3 is 2.68 bits per heavy atom. The van der Waals surface area contributed by atoms with E-state index in [9.17, 15) is 9.59 Å². The van der Waals surface area contributed by atoms with Gasteiger partial charge in [0.2, 0.25) is 0 Å². The van der Waals surface area contributed by atoms with Crippen molar-refractivity contribution in [1.82, 2.24) is 15.0 Å². The number of benzene rings is 2. The highest BCUT2D eigenvalue weighted by molar-refractivity contribution is 5.85. The Labute approximate surface area is 161 Å². The number of carbonyl (C=O) groups is 1. The number of amides is 1. The second-order valence-electron chi connectivity index (χ2n) is 6.00. The van der Waals surface area contributed by atoms with Crippen molar-refractivity contribution in [3.8, 4) is 11.5 Å². The number of aromatic nitrogens is 2. The highest BCUT2D eigenvalue weighted by Gasteiger charge is 2.17. The molecule has 0 fully saturated rings. The molecule has 1 N–H and O–H groups in total. The van der Waals surface area contributed by atoms with Gasteiger partial charge in [-0.05, 0) is 42.8 Å². The number of para-hydroxylation sites is 1. The highest BCUT2D eigenvalue weighted by atomic mass is 16.5. The largest absolute Gasteiger partial charge is 0.493 e. The Morgan fingerprint density at radius 2 is 1.93 bits per heavy atom. The van der Waals surface area contributed by atoms with Gasteiger partial charge in [0.15, 0.2) is 11.5 Å². The number of nitrogens with zero attached hydrogens (tertiary/aromatic N) is 3. The molecule has 0 radical (unpaired) electrons. The molecule has 0 bridgehead atoms. The highest BCUT2D eigenvalue weighted by Crippen LogP contribution is 2.26. The van der Waals surface area contributed by atoms with Crippen molar-refractivity contribution in [3.05, 3.63) is 64.7 Å². The molecule has 8 nitrogen and oxygen atoms in total. The fourth-order valence-corrected chi connectivity index (χ4v) is 2.68. The van der Waals surface area contributed by atoms with Gasteiger partial charge in [0.25, 0.3) is 11.5 Å². The van der Waals surface area contributed by atoms with Gasteiger partial charge in [-0.2, -0.15) is 5.10 Å². The van der Waals surface area contributed by atoms with Crippen molar-refractivity contribution in [3.63, 3.8) is 0 Å². The molecule has 8 heteroatoms. The summed E-state index contributed by atoms with van der Waals surface area (Å²) in [7, 11) is 3.09. The molecule has 0 aliphatic heterocycles. The fraction of sp³-hybridized carbons (Fsp3) is 0.200. The molecular weight excluding hydrogens is 360 g/mol. The van der Waals surface area contributed by atoms with Gasteiger partial charge in [-0.3, -0.25) is 14.2 Å². The topological polar surface area (TPSA) is 94.8 Å². The van der Waals surface area contributed by atoms with Crippen molar-refractivity contribution in [1.29, 1.82) is 0 Å². The lowest BCUT2D eigenvalue weighted by Crippen LogP contribution is -2.33. The van der Waals surface area contributed by atoms with Gasteiger partial charge >= 0.3 is 0 Å². The van der Waals surface area contributed by atoms with Gasteiger partial charge in [0.05, 0.1) is 37.7 Å². The minimum Gasteiger partial charge on any atom is -0.493 e. The van der Waals surface area contributed by atoms with Crippen LogP contribution in [0.25, 0.3) is 10.9 Å². The van der Waals surface area contributed by atoms with Crippen molar-refractivity contribution in [2.24, 2.45) is 5.10 Å². The number of hydrogen-bond acceptors (Lipinski definition) is 6. The number of hydrazone groups is 1. The first-order chi connectivity index (χ1) is 13.5. The molecule has 28 heavy (non-hydrogen) atoms. The fourth-order valence-electron chi connectivity index (χ4n) is 2.68. The van der Waals surface area contributed by atoms with Gasteiger partial charge in [-0.1, -0.05) is 12.1 Å². The van der Waals surface area contributed by atoms with Gasteiger partial charge < -0.3 is 9.47 Å². The van der Waals surface area contributed by atoms with Crippen LogP contribution in [0, 0.1) is 0 Å². The molecule has 1 aromatic heterocycles. The molecule has 0 saturated heterocycles. The van der Waals surface area contributed by atoms with Gasteiger partial charge in [0.1, 0.15) is 6.04 Å². The molecule has 0 spiro atoms. The summed E-state index contributed by atoms with van der Waals surface area (Å²) >= 11 is 0. The maximum atomic E-state index is 12.6. The number of rotatable bonds is 6. The quantitative estimate of drug-likeness (QED) is 0.522. The number of hydrogen-bond donors (Lipinski definition) is 1. The molecule has 3 aromatic rings. The van der Waals surface area contributed by atoms with E-state index in [1.807, 2.05) is 0 Å². The molecule has 0 saturated carbocycles. The monoisotopic (exact) mass is 380 g/mol. The van der Waals surface area contributed by atoms with Crippen LogP contribution >= 0.6 is 0 Å². The van der Waals surface area contributed by atoms with Crippen molar-refractivity contribution >= 4 is 23.0 Å². The average Bonchev–Trinajstić information content (AvgIpc) is 2.73. The molecule has 1 amide bonds. The van der Waals surface area contributed by atoms with E-state index in [0.717, 1.165) is 5.56 Å². The maximum absolute atomic E-state index is 12.6. The van der Waals surface area contributed by atoms with E-state index in [0.29, 0.717) is 22.4 Å². The SMILES string of the molecule is COc1ccc(/C=N/NC(=O)C(C)n2cnc3ccccc3c2=O)cc1OC. The molecule has 3 rings (SSSR count). The number of nitrogens with one attached hydrogen (secondary N) is 1. The van der Waals surface area contributed by atoms with Crippen LogP contribution in [-0.4, -0.2) is 35.9 Å². The number of methoxy groups -OCH3 is 2. The molecular formula is C20H20N4O4. The van der Waals surface area contributed by atoms with E-state index in [1.165, 1.54) is 24.2 Å². The smallest absolute Gasteiger partial charge is 0.262 e. The first-order valence-corrected chi connectivity index (χ1v) is 8.56. The summed E-state index contributed by atoms with van der Waals surface area (Å²) in [6, 6.07) is 11.5. The standard InChI is InChI=1S/C20H20N4O4/c1-13(24-12-21-16-7-5-4-6-15(16)20(24)26)19(25)23-22-11-14-8-9-17(27-2)18(10-14)28-3/h4-13H,1-3H3,(H,23,25)/b22-11+. The second-order valence-corrected chi connectivity index (χ2v) is 6.00. The minimum atomic E-state index is -0.771. The van der Waals surface area contributed by atoms with Gasteiger partial charge in [0, 0.05) is 0 Å². The van der Waals surface area contributed by atoms with Gasteiger partial charge in [-0.15, -0.1) is 0 Å². The third-order valence-electron chi connectivity index (χ3n) is 4.28. The van der Waals surface area contributed by atoms with Crippen LogP contribution in [0.4, 0.5) is 0 Å². The van der Waals surface area contributed by atoms with Crippen LogP contribution in [0.3, 0.4) is 0 Å². The zero-order valence-electron chi connectivity index (χ0n) is 15.7. The number of ether oxygens (including phenoxy) is 2. The summed E-state index contributed by atoms with van der Waals surface area (Å²) in [5.41, 5.74) is 3.46. The predicted molar refractivity (Wildman–Crippen MR) is 106 cm³/mol. The van der Waals surface area contributed by atoms with Crippen LogP contribution < -0.4 is 20.5 Å². The zero-order valence-corrected chi connectivity index (χ0v) is 15.7. The second kappa shape index (κ2) is 8.34. The number of carbonyl (C=O) groups excluding carboxylic acids is 1. The van der Waals surface area contributed by atoms with Crippen molar-refractivity contribution < 1.29 is 14.3 Å². The lowest BCUT2D eigenvalue weighted by Gasteiger charge is -2.13. The Balaban J connectivity index is 1.74. The van der Waals surface area contributed by atoms with Crippen LogP contribution in [0.15, 0.2) is 58.7 Å². The van der Waals surface area contributed by atoms with Gasteiger partial charge in [-0.25, -0.2) is 10.4 Å². The Bertz CT molecular complexity index is 1090. The first kappa shape index (κ1) is 19.1. The van der Waals surface area contributed by atoms with E-state index < -0.39 is 11.9 Å². The summed E-state index contributed by atoms with van der Waals surface area (Å²) in [5.74, 6) is 0.719. The zero-order chi connectivity index (χ0) is 20.1. The van der Waals surface area contributed by atoms with Crippen molar-refractivity contribution in [2.45, 2.75) is 13.0 Å². The summed E-state index contributed by atoms with van der Waals surface area (Å²) in [5, 5.41) is 4.41. The normalized spacial score (nSPS) is 12.1. The van der Waals surface area contributed by atoms with Crippen LogP contribution in [0.1, 0.15) is 18.5 Å². The first-order valence-electron chi connectivity index (χ1n) is 8.56. The van der Waals surface area contributed by atoms with E-state index in [4.69, 9.17) is 9.47 Å². The third kappa shape index (κ3) is 3.85. The third-order valence-corrected chi connectivity index (χ3v) is 4.28. The molecule has 2 aromatic carbocycles. The Hall–Kier alpha value is -3.68. The molecule has 1 heterocycles. The Kier molecular flexibility index (Phi) is 5.69. The molecule has 0 aliphatic carbocycles.